The molecule has 0 aliphatic heterocycles. The zero-order valence-corrected chi connectivity index (χ0v) is 11.7. The monoisotopic (exact) mass is 218 g/mol. The van der Waals surface area contributed by atoms with Crippen LogP contribution in [0.4, 0.5) is 4.11 Å². The van der Waals surface area contributed by atoms with Gasteiger partial charge >= 0.3 is 0 Å². The van der Waals surface area contributed by atoms with Crippen LogP contribution in [0.1, 0.15) is 60.8 Å². The molecule has 0 saturated carbocycles. The largest absolute Gasteiger partial charge is 0.313 e. The number of hydrogen-bond donors (Lipinski definition) is 0. The quantitative estimate of drug-likeness (QED) is 0.419. The van der Waals surface area contributed by atoms with E-state index >= 15 is 4.11 Å². The third-order valence-corrected chi connectivity index (χ3v) is 9.86. The molecule has 0 aliphatic rings. The van der Waals surface area contributed by atoms with Gasteiger partial charge in [-0.25, -0.2) is 0 Å². The van der Waals surface area contributed by atoms with Crippen LogP contribution in [0.25, 0.3) is 0 Å². The van der Waals surface area contributed by atoms with Gasteiger partial charge in [0.05, 0.1) is 0 Å². The molecule has 14 heavy (non-hydrogen) atoms. The first-order chi connectivity index (χ1) is 6.44. The van der Waals surface area contributed by atoms with Gasteiger partial charge in [0.15, 0.2) is 0 Å². The summed E-state index contributed by atoms with van der Waals surface area (Å²) < 4.78 is 15.1. The molecule has 0 aromatic rings. The fraction of sp³-hybridized carbons (Fsp3) is 1.00. The molecule has 0 spiro atoms. The summed E-state index contributed by atoms with van der Waals surface area (Å²) in [5.41, 5.74) is 0.937. The molecular weight excluding hydrogens is 191 g/mol. The average Bonchev–Trinajstić information content (AvgIpc) is 2.24. The first-order valence-corrected chi connectivity index (χ1v) is 8.24. The Kier molecular flexibility index (Phi) is 5.95. The number of halogens is 1. The molecule has 0 aromatic heterocycles. The van der Waals surface area contributed by atoms with Crippen molar-refractivity contribution in [2.45, 2.75) is 77.4 Å². The lowest BCUT2D eigenvalue weighted by Gasteiger charge is -2.38. The molecule has 0 nitrogen and oxygen atoms in total. The first-order valence-electron chi connectivity index (χ1n) is 6.13. The van der Waals surface area contributed by atoms with E-state index in [2.05, 4.69) is 41.5 Å². The minimum atomic E-state index is -2.56. The van der Waals surface area contributed by atoms with Gasteiger partial charge in [0.25, 0.3) is 8.41 Å². The fourth-order valence-electron chi connectivity index (χ4n) is 2.40. The van der Waals surface area contributed by atoms with Crippen LogP contribution < -0.4 is 0 Å². The van der Waals surface area contributed by atoms with Crippen LogP contribution in [0.5, 0.6) is 0 Å². The van der Waals surface area contributed by atoms with Gasteiger partial charge in [0.2, 0.25) is 0 Å². The molecule has 86 valence electrons. The van der Waals surface area contributed by atoms with Gasteiger partial charge in [-0.3, -0.25) is 0 Å². The molecule has 0 bridgehead atoms. The van der Waals surface area contributed by atoms with Crippen LogP contribution in [0.2, 0.25) is 16.6 Å². The van der Waals surface area contributed by atoms with E-state index in [9.17, 15) is 0 Å². The third-order valence-electron chi connectivity index (χ3n) is 4.10. The molecule has 2 heteroatoms. The van der Waals surface area contributed by atoms with E-state index < -0.39 is 8.41 Å². The molecule has 0 heterocycles. The van der Waals surface area contributed by atoms with Crippen molar-refractivity contribution in [2.24, 2.45) is 0 Å². The summed E-state index contributed by atoms with van der Waals surface area (Å²) in [5.74, 6) is 0. The van der Waals surface area contributed by atoms with Crippen LogP contribution in [0.3, 0.4) is 0 Å². The second-order valence-corrected chi connectivity index (χ2v) is 9.37. The lowest BCUT2D eigenvalue weighted by Crippen LogP contribution is -2.42. The predicted molar refractivity (Wildman–Crippen MR) is 66.0 cm³/mol. The van der Waals surface area contributed by atoms with Crippen molar-refractivity contribution in [3.05, 3.63) is 0 Å². The zero-order chi connectivity index (χ0) is 11.4. The van der Waals surface area contributed by atoms with Crippen molar-refractivity contribution in [3.63, 3.8) is 0 Å². The molecule has 3 unspecified atom stereocenters. The molecule has 0 fully saturated rings. The van der Waals surface area contributed by atoms with Crippen molar-refractivity contribution < 1.29 is 4.11 Å². The van der Waals surface area contributed by atoms with Gasteiger partial charge in [-0.15, -0.1) is 0 Å². The lowest BCUT2D eigenvalue weighted by molar-refractivity contribution is 0.570. The first kappa shape index (κ1) is 14.1. The van der Waals surface area contributed by atoms with E-state index in [0.717, 1.165) is 19.3 Å². The smallest absolute Gasteiger partial charge is 0.255 e. The molecule has 0 rings (SSSR count). The summed E-state index contributed by atoms with van der Waals surface area (Å²) in [4.78, 5) is 0. The average molecular weight is 218 g/mol. The number of hydrogen-bond acceptors (Lipinski definition) is 0. The van der Waals surface area contributed by atoms with Gasteiger partial charge in [-0.2, -0.15) is 0 Å². The van der Waals surface area contributed by atoms with Crippen molar-refractivity contribution in [1.82, 2.24) is 0 Å². The summed E-state index contributed by atoms with van der Waals surface area (Å²) in [6.07, 6.45) is 2.99. The summed E-state index contributed by atoms with van der Waals surface area (Å²) in [6.45, 7) is 12.7. The Balaban J connectivity index is 4.83. The second-order valence-electron chi connectivity index (χ2n) is 4.76. The molecule has 0 N–H and O–H groups in total. The molecule has 0 saturated heterocycles. The van der Waals surface area contributed by atoms with E-state index in [1.807, 2.05) is 0 Å². The van der Waals surface area contributed by atoms with Crippen LogP contribution in [-0.4, -0.2) is 8.41 Å². The molecular formula is C12H27FSi. The summed E-state index contributed by atoms with van der Waals surface area (Å²) in [7, 11) is -2.56. The Morgan fingerprint density at radius 2 is 1.00 bits per heavy atom. The lowest BCUT2D eigenvalue weighted by atomic mass is 10.3. The third kappa shape index (κ3) is 2.59. The van der Waals surface area contributed by atoms with Crippen molar-refractivity contribution >= 4 is 8.41 Å². The van der Waals surface area contributed by atoms with E-state index in [4.69, 9.17) is 0 Å². The van der Waals surface area contributed by atoms with E-state index in [1.54, 1.807) is 0 Å². The van der Waals surface area contributed by atoms with E-state index in [-0.39, 0.29) is 0 Å². The standard InChI is InChI=1S/C12H27FSi/c1-7-10(4)14(13,11(5)8-2)12(6)9-3/h10-12H,7-9H2,1-6H3. The molecule has 0 aromatic carbocycles. The molecule has 0 aliphatic carbocycles. The molecule has 0 radical (unpaired) electrons. The highest BCUT2D eigenvalue weighted by Crippen LogP contribution is 2.46. The van der Waals surface area contributed by atoms with E-state index in [1.165, 1.54) is 0 Å². The maximum Gasteiger partial charge on any atom is 0.255 e. The van der Waals surface area contributed by atoms with Gasteiger partial charge in [-0.1, -0.05) is 60.8 Å². The Morgan fingerprint density at radius 3 is 1.14 bits per heavy atom. The fourth-order valence-corrected chi connectivity index (χ4v) is 7.19. The van der Waals surface area contributed by atoms with Gasteiger partial charge in [-0.05, 0) is 16.6 Å². The summed E-state index contributed by atoms with van der Waals surface area (Å²) in [6, 6.07) is 0. The highest BCUT2D eigenvalue weighted by Gasteiger charge is 2.47. The maximum absolute atomic E-state index is 15.1. The Labute approximate surface area is 90.5 Å². The Hall–Kier alpha value is 0.147. The predicted octanol–water partition coefficient (Wildman–Crippen LogP) is 5.30. The van der Waals surface area contributed by atoms with Crippen LogP contribution in [0.15, 0.2) is 0 Å². The van der Waals surface area contributed by atoms with Crippen LogP contribution in [-0.2, 0) is 0 Å². The highest BCUT2D eigenvalue weighted by atomic mass is 28.4. The van der Waals surface area contributed by atoms with Gasteiger partial charge < -0.3 is 4.11 Å². The SMILES string of the molecule is CCC(C)[Si](F)(C(C)CC)C(C)CC. The van der Waals surface area contributed by atoms with E-state index in [0.29, 0.717) is 16.6 Å². The minimum Gasteiger partial charge on any atom is -0.313 e. The van der Waals surface area contributed by atoms with Crippen molar-refractivity contribution in [2.75, 3.05) is 0 Å². The highest BCUT2D eigenvalue weighted by molar-refractivity contribution is 6.77. The maximum atomic E-state index is 15.1. The van der Waals surface area contributed by atoms with Gasteiger partial charge in [0.1, 0.15) is 0 Å². The summed E-state index contributed by atoms with van der Waals surface area (Å²) >= 11 is 0. The zero-order valence-electron chi connectivity index (χ0n) is 10.7. The van der Waals surface area contributed by atoms with Gasteiger partial charge in [0, 0.05) is 0 Å². The van der Waals surface area contributed by atoms with Crippen molar-refractivity contribution in [3.8, 4) is 0 Å². The molecule has 3 atom stereocenters. The Morgan fingerprint density at radius 1 is 0.786 bits per heavy atom. The number of rotatable bonds is 6. The minimum absolute atomic E-state index is 0.312. The topological polar surface area (TPSA) is 0 Å². The summed E-state index contributed by atoms with van der Waals surface area (Å²) in [5, 5.41) is 0. The second kappa shape index (κ2) is 5.89. The van der Waals surface area contributed by atoms with Crippen LogP contribution >= 0.6 is 0 Å². The molecule has 0 amide bonds. The van der Waals surface area contributed by atoms with Crippen molar-refractivity contribution in [1.29, 1.82) is 0 Å². The normalized spacial score (nSPS) is 22.5. The Bertz CT molecular complexity index is 132. The van der Waals surface area contributed by atoms with Crippen LogP contribution in [0, 0.1) is 0 Å².